The van der Waals surface area contributed by atoms with Crippen LogP contribution in [0.15, 0.2) is 78.8 Å². The van der Waals surface area contributed by atoms with Crippen LogP contribution in [0.3, 0.4) is 0 Å². The van der Waals surface area contributed by atoms with Gasteiger partial charge in [0.05, 0.1) is 40.8 Å². The van der Waals surface area contributed by atoms with E-state index < -0.39 is 34.3 Å². The van der Waals surface area contributed by atoms with Gasteiger partial charge in [-0.15, -0.1) is 0 Å². The number of ether oxygens (including phenoxy) is 3. The van der Waals surface area contributed by atoms with E-state index in [0.717, 1.165) is 0 Å². The molecule has 2 unspecified atom stereocenters. The maximum atomic E-state index is 13.9. The number of esters is 1. The Morgan fingerprint density at radius 1 is 1.02 bits per heavy atom. The van der Waals surface area contributed by atoms with Gasteiger partial charge in [-0.2, -0.15) is 0 Å². The zero-order chi connectivity index (χ0) is 31.3. The van der Waals surface area contributed by atoms with Crippen molar-refractivity contribution >= 4 is 56.4 Å². The number of aromatic nitrogens is 2. The minimum atomic E-state index is -1.57. The van der Waals surface area contributed by atoms with Gasteiger partial charge in [0.15, 0.2) is 11.6 Å². The number of nitrogens with zero attached hydrogens (tertiary/aromatic N) is 3. The third kappa shape index (κ3) is 4.06. The number of para-hydroxylation sites is 1. The molecule has 2 atom stereocenters. The molecule has 2 aromatic carbocycles. The second-order valence-electron chi connectivity index (χ2n) is 10.4. The molecule has 12 nitrogen and oxygen atoms in total. The van der Waals surface area contributed by atoms with E-state index in [2.05, 4.69) is 5.32 Å². The Labute approximate surface area is 250 Å². The van der Waals surface area contributed by atoms with Crippen molar-refractivity contribution in [2.75, 3.05) is 20.8 Å². The zero-order valence-corrected chi connectivity index (χ0v) is 24.3. The van der Waals surface area contributed by atoms with Crippen LogP contribution < -0.4 is 5.32 Å². The van der Waals surface area contributed by atoms with Crippen molar-refractivity contribution in [3.63, 3.8) is 0 Å². The number of imide groups is 1. The smallest absolute Gasteiger partial charge is 0.339 e. The largest absolute Gasteiger partial charge is 0.498 e. The molecular formula is C32H28N4O8. The molecule has 0 radical (unpaired) electrons. The summed E-state index contributed by atoms with van der Waals surface area (Å²) < 4.78 is 20.4. The van der Waals surface area contributed by atoms with Gasteiger partial charge in [0.1, 0.15) is 5.76 Å². The van der Waals surface area contributed by atoms with Gasteiger partial charge in [0.25, 0.3) is 17.5 Å². The number of methoxy groups -OCH3 is 2. The highest BCUT2D eigenvalue weighted by Crippen LogP contribution is 2.43. The highest BCUT2D eigenvalue weighted by molar-refractivity contribution is 6.50. The zero-order valence-electron chi connectivity index (χ0n) is 24.3. The molecule has 2 amide bonds. The van der Waals surface area contributed by atoms with Crippen LogP contribution in [0.5, 0.6) is 0 Å². The van der Waals surface area contributed by atoms with Gasteiger partial charge >= 0.3 is 5.97 Å². The molecule has 2 aliphatic rings. The van der Waals surface area contributed by atoms with Crippen molar-refractivity contribution in [3.05, 3.63) is 100 Å². The van der Waals surface area contributed by atoms with Crippen LogP contribution >= 0.6 is 0 Å². The number of carbonyl (C=O) groups is 3. The van der Waals surface area contributed by atoms with Gasteiger partial charge in [0, 0.05) is 60.6 Å². The summed E-state index contributed by atoms with van der Waals surface area (Å²) in [7, 11) is 4.66. The van der Waals surface area contributed by atoms with E-state index in [-0.39, 0.29) is 23.4 Å². The summed E-state index contributed by atoms with van der Waals surface area (Å²) in [6.07, 6.45) is 7.45. The number of hydrogen-bond acceptors (Lipinski definition) is 8. The predicted molar refractivity (Wildman–Crippen MR) is 161 cm³/mol. The van der Waals surface area contributed by atoms with Crippen LogP contribution in [0.25, 0.3) is 33.0 Å². The first-order chi connectivity index (χ1) is 21.2. The molecule has 0 saturated heterocycles. The summed E-state index contributed by atoms with van der Waals surface area (Å²) in [5, 5.41) is 15.0. The molecular weight excluding hydrogens is 568 g/mol. The van der Waals surface area contributed by atoms with Crippen LogP contribution in [-0.2, 0) is 41.2 Å². The molecule has 0 spiro atoms. The molecule has 3 heterocycles. The summed E-state index contributed by atoms with van der Waals surface area (Å²) in [4.78, 5) is 51.8. The molecule has 0 bridgehead atoms. The Bertz CT molecular complexity index is 2000. The number of nitro benzene ring substituents is 1. The van der Waals surface area contributed by atoms with E-state index in [0.29, 0.717) is 38.7 Å². The first kappa shape index (κ1) is 28.6. The van der Waals surface area contributed by atoms with Crippen molar-refractivity contribution in [3.8, 4) is 0 Å². The Hall–Kier alpha value is -5.49. The molecule has 224 valence electrons. The van der Waals surface area contributed by atoms with E-state index >= 15 is 0 Å². The van der Waals surface area contributed by atoms with Crippen LogP contribution in [-0.4, -0.2) is 58.8 Å². The van der Waals surface area contributed by atoms with E-state index in [1.807, 2.05) is 0 Å². The Morgan fingerprint density at radius 2 is 1.70 bits per heavy atom. The second-order valence-corrected chi connectivity index (χ2v) is 10.4. The topological polar surface area (TPSA) is 144 Å². The summed E-state index contributed by atoms with van der Waals surface area (Å²) in [5.74, 6) is -1.43. The number of hydrogen-bond donors (Lipinski definition) is 1. The first-order valence-electron chi connectivity index (χ1n) is 13.8. The minimum absolute atomic E-state index is 0.101. The molecule has 4 aromatic rings. The lowest BCUT2D eigenvalue weighted by Crippen LogP contribution is -2.53. The van der Waals surface area contributed by atoms with Gasteiger partial charge in [-0.25, -0.2) is 4.79 Å². The molecule has 0 fully saturated rings. The van der Waals surface area contributed by atoms with E-state index in [9.17, 15) is 24.5 Å². The lowest BCUT2D eigenvalue weighted by Gasteiger charge is -2.39. The number of nitrogens with one attached hydrogen (secondary N) is 1. The van der Waals surface area contributed by atoms with Crippen LogP contribution in [0.4, 0.5) is 5.69 Å². The second kappa shape index (κ2) is 10.7. The van der Waals surface area contributed by atoms with Gasteiger partial charge in [-0.3, -0.25) is 25.0 Å². The number of amides is 2. The Kier molecular flexibility index (Phi) is 6.93. The number of fused-ring (bicyclic) bond motifs is 2. The molecule has 44 heavy (non-hydrogen) atoms. The number of carbonyl (C=O) groups excluding carboxylic acids is 3. The van der Waals surface area contributed by atoms with Crippen molar-refractivity contribution in [2.24, 2.45) is 7.05 Å². The van der Waals surface area contributed by atoms with E-state index in [4.69, 9.17) is 14.2 Å². The number of aryl methyl sites for hydroxylation is 1. The molecule has 2 aromatic heterocycles. The van der Waals surface area contributed by atoms with Crippen LogP contribution in [0.1, 0.15) is 18.1 Å². The Morgan fingerprint density at radius 3 is 2.36 bits per heavy atom. The monoisotopic (exact) mass is 596 g/mol. The fourth-order valence-electron chi connectivity index (χ4n) is 6.22. The Balaban J connectivity index is 1.66. The molecule has 6 rings (SSSR count). The van der Waals surface area contributed by atoms with Gasteiger partial charge in [-0.1, -0.05) is 24.3 Å². The highest BCUT2D eigenvalue weighted by Gasteiger charge is 2.52. The molecule has 1 aliphatic carbocycles. The maximum Gasteiger partial charge on any atom is 0.339 e. The SMILES string of the molecule is CCOC(=O)C1(n2cc(C3=C(c4cn(C)c5cc([N+](=O)[O-])ccc45)C(=O)NC3=O)c3ccccc32)C=CC=C(OC)C1OC. The van der Waals surface area contributed by atoms with Gasteiger partial charge in [-0.05, 0) is 31.2 Å². The summed E-state index contributed by atoms with van der Waals surface area (Å²) in [5.41, 5.74) is 0.479. The van der Waals surface area contributed by atoms with Crippen LogP contribution in [0, 0.1) is 10.1 Å². The lowest BCUT2D eigenvalue weighted by atomic mass is 9.86. The average molecular weight is 597 g/mol. The lowest BCUT2D eigenvalue weighted by molar-refractivity contribution is -0.384. The minimum Gasteiger partial charge on any atom is -0.498 e. The van der Waals surface area contributed by atoms with Crippen molar-refractivity contribution in [1.29, 1.82) is 0 Å². The van der Waals surface area contributed by atoms with Crippen molar-refractivity contribution < 1.29 is 33.5 Å². The summed E-state index contributed by atoms with van der Waals surface area (Å²) >= 11 is 0. The molecule has 1 aliphatic heterocycles. The standard InChI is InChI=1S/C32H28N4O8/c1-5-44-31(39)32(14-8-11-25(42-3)28(32)43-4)35-17-22(19-9-6-7-10-23(19)35)27-26(29(37)33-30(27)38)21-16-34(2)24-15-18(36(40)41)12-13-20(21)24/h6-17,28H,5H2,1-4H3,(H,33,37,38). The van der Waals surface area contributed by atoms with Gasteiger partial charge < -0.3 is 23.3 Å². The number of benzene rings is 2. The van der Waals surface area contributed by atoms with Crippen molar-refractivity contribution in [2.45, 2.75) is 18.6 Å². The predicted octanol–water partition coefficient (Wildman–Crippen LogP) is 3.98. The third-order valence-electron chi connectivity index (χ3n) is 8.11. The first-order valence-corrected chi connectivity index (χ1v) is 13.8. The highest BCUT2D eigenvalue weighted by atomic mass is 16.6. The molecule has 0 saturated carbocycles. The number of non-ortho nitro benzene ring substituents is 1. The summed E-state index contributed by atoms with van der Waals surface area (Å²) in [6.45, 7) is 1.81. The van der Waals surface area contributed by atoms with Crippen LogP contribution in [0.2, 0.25) is 0 Å². The third-order valence-corrected chi connectivity index (χ3v) is 8.11. The van der Waals surface area contributed by atoms with Gasteiger partial charge in [0.2, 0.25) is 0 Å². The number of nitro groups is 1. The quantitative estimate of drug-likeness (QED) is 0.139. The van der Waals surface area contributed by atoms with Crippen molar-refractivity contribution in [1.82, 2.24) is 14.5 Å². The maximum absolute atomic E-state index is 13.9. The number of allylic oxidation sites excluding steroid dienone is 2. The van der Waals surface area contributed by atoms with E-state index in [1.165, 1.54) is 26.4 Å². The molecule has 1 N–H and O–H groups in total. The fraction of sp³-hybridized carbons (Fsp3) is 0.219. The summed E-state index contributed by atoms with van der Waals surface area (Å²) in [6, 6.07) is 11.5. The van der Waals surface area contributed by atoms with E-state index in [1.54, 1.807) is 84.1 Å². The number of rotatable bonds is 8. The normalized spacial score (nSPS) is 19.9. The fourth-order valence-corrected chi connectivity index (χ4v) is 6.22. The average Bonchev–Trinajstić information content (AvgIpc) is 3.66. The molecule has 12 heteroatoms.